The van der Waals surface area contributed by atoms with E-state index in [4.69, 9.17) is 0 Å². The Hall–Kier alpha value is -2.93. The lowest BCUT2D eigenvalue weighted by molar-refractivity contribution is -0.136. The van der Waals surface area contributed by atoms with Crippen LogP contribution in [-0.4, -0.2) is 28.1 Å². The lowest BCUT2D eigenvalue weighted by Crippen LogP contribution is -2.38. The van der Waals surface area contributed by atoms with Crippen molar-refractivity contribution in [3.05, 3.63) is 71.2 Å². The molecule has 1 aromatic carbocycles. The van der Waals surface area contributed by atoms with Gasteiger partial charge in [-0.05, 0) is 40.6 Å². The summed E-state index contributed by atoms with van der Waals surface area (Å²) in [6.45, 7) is 0.277. The van der Waals surface area contributed by atoms with Gasteiger partial charge in [0.2, 0.25) is 0 Å². The molecule has 24 heavy (non-hydrogen) atoms. The molecule has 2 heterocycles. The fraction of sp³-hybridized carbons (Fsp3) is 0.118. The van der Waals surface area contributed by atoms with E-state index in [0.29, 0.717) is 5.69 Å². The number of benzene rings is 1. The van der Waals surface area contributed by atoms with Gasteiger partial charge in [0.15, 0.2) is 0 Å². The average Bonchev–Trinajstić information content (AvgIpc) is 3.30. The van der Waals surface area contributed by atoms with Gasteiger partial charge in [-0.2, -0.15) is 16.4 Å². The van der Waals surface area contributed by atoms with Crippen LogP contribution >= 0.6 is 11.3 Å². The molecular formula is C17H16N4O2S. The Kier molecular flexibility index (Phi) is 5.02. The lowest BCUT2D eigenvalue weighted by atomic mass is 10.1. The van der Waals surface area contributed by atoms with Crippen LogP contribution in [0.4, 0.5) is 5.69 Å². The number of rotatable bonds is 5. The largest absolute Gasteiger partial charge is 0.345 e. The monoisotopic (exact) mass is 340 g/mol. The third kappa shape index (κ3) is 3.88. The number of carbonyl (C=O) groups excluding carboxylic acids is 2. The van der Waals surface area contributed by atoms with E-state index < -0.39 is 11.8 Å². The van der Waals surface area contributed by atoms with Gasteiger partial charge < -0.3 is 10.6 Å². The number of nitrogens with one attached hydrogen (secondary N) is 2. The minimum Gasteiger partial charge on any atom is -0.345 e. The molecule has 6 nitrogen and oxygen atoms in total. The Morgan fingerprint density at radius 1 is 1.12 bits per heavy atom. The highest BCUT2D eigenvalue weighted by Gasteiger charge is 2.19. The van der Waals surface area contributed by atoms with Gasteiger partial charge in [0, 0.05) is 24.6 Å². The summed E-state index contributed by atoms with van der Waals surface area (Å²) in [6.07, 6.45) is 3.52. The zero-order valence-electron chi connectivity index (χ0n) is 12.8. The average molecular weight is 340 g/mol. The number of hydrogen-bond acceptors (Lipinski definition) is 4. The zero-order chi connectivity index (χ0) is 16.8. The molecule has 3 aromatic rings. The molecule has 1 atom stereocenters. The summed E-state index contributed by atoms with van der Waals surface area (Å²) in [7, 11) is 0. The van der Waals surface area contributed by atoms with Crippen molar-refractivity contribution < 1.29 is 9.59 Å². The SMILES string of the molecule is O=C(NCC(c1ccsc1)n1cccn1)C(=O)Nc1ccccc1. The van der Waals surface area contributed by atoms with E-state index in [1.54, 1.807) is 46.5 Å². The molecule has 0 saturated carbocycles. The van der Waals surface area contributed by atoms with E-state index in [2.05, 4.69) is 15.7 Å². The summed E-state index contributed by atoms with van der Waals surface area (Å²) < 4.78 is 1.76. The molecule has 0 aliphatic heterocycles. The van der Waals surface area contributed by atoms with Gasteiger partial charge in [-0.1, -0.05) is 18.2 Å². The minimum atomic E-state index is -0.689. The Bertz CT molecular complexity index is 751. The summed E-state index contributed by atoms with van der Waals surface area (Å²) >= 11 is 1.57. The van der Waals surface area contributed by atoms with Gasteiger partial charge in [0.1, 0.15) is 0 Å². The number of nitrogens with zero attached hydrogens (tertiary/aromatic N) is 2. The molecular weight excluding hydrogens is 324 g/mol. The quantitative estimate of drug-likeness (QED) is 0.700. The molecule has 122 valence electrons. The second-order valence-electron chi connectivity index (χ2n) is 5.09. The molecule has 0 aliphatic rings. The number of anilines is 1. The third-order valence-electron chi connectivity index (χ3n) is 3.47. The van der Waals surface area contributed by atoms with Gasteiger partial charge in [0.05, 0.1) is 6.04 Å². The number of thiophene rings is 1. The predicted octanol–water partition coefficient (Wildman–Crippen LogP) is 2.29. The van der Waals surface area contributed by atoms with Crippen LogP contribution in [0, 0.1) is 0 Å². The smallest absolute Gasteiger partial charge is 0.313 e. The van der Waals surface area contributed by atoms with Crippen LogP contribution in [0.1, 0.15) is 11.6 Å². The van der Waals surface area contributed by atoms with Crippen molar-refractivity contribution in [2.24, 2.45) is 0 Å². The molecule has 0 bridgehead atoms. The summed E-state index contributed by atoms with van der Waals surface area (Å²) in [5.74, 6) is -1.36. The molecule has 3 rings (SSSR count). The van der Waals surface area contributed by atoms with Gasteiger partial charge in [-0.3, -0.25) is 14.3 Å². The minimum absolute atomic E-state index is 0.153. The fourth-order valence-electron chi connectivity index (χ4n) is 2.27. The molecule has 0 spiro atoms. The van der Waals surface area contributed by atoms with Gasteiger partial charge in [-0.25, -0.2) is 0 Å². The molecule has 2 amide bonds. The Labute approximate surface area is 143 Å². The molecule has 7 heteroatoms. The number of para-hydroxylation sites is 1. The zero-order valence-corrected chi connectivity index (χ0v) is 13.6. The molecule has 1 unspecified atom stereocenters. The highest BCUT2D eigenvalue weighted by molar-refractivity contribution is 7.08. The van der Waals surface area contributed by atoms with Crippen molar-refractivity contribution in [2.45, 2.75) is 6.04 Å². The van der Waals surface area contributed by atoms with Gasteiger partial charge >= 0.3 is 11.8 Å². The number of hydrogen-bond donors (Lipinski definition) is 2. The van der Waals surface area contributed by atoms with E-state index >= 15 is 0 Å². The summed E-state index contributed by atoms with van der Waals surface area (Å²) in [6, 6.07) is 12.5. The first-order valence-electron chi connectivity index (χ1n) is 7.39. The Balaban J connectivity index is 1.62. The first kappa shape index (κ1) is 15.9. The maximum Gasteiger partial charge on any atom is 0.313 e. The molecule has 2 N–H and O–H groups in total. The topological polar surface area (TPSA) is 76.0 Å². The fourth-order valence-corrected chi connectivity index (χ4v) is 2.98. The highest BCUT2D eigenvalue weighted by atomic mass is 32.1. The van der Waals surface area contributed by atoms with Crippen LogP contribution in [-0.2, 0) is 9.59 Å². The summed E-state index contributed by atoms with van der Waals surface area (Å²) in [5.41, 5.74) is 1.62. The Morgan fingerprint density at radius 2 is 1.96 bits per heavy atom. The van der Waals surface area contributed by atoms with Crippen LogP contribution in [0.25, 0.3) is 0 Å². The number of carbonyl (C=O) groups is 2. The highest BCUT2D eigenvalue weighted by Crippen LogP contribution is 2.19. The van der Waals surface area contributed by atoms with Crippen molar-refractivity contribution in [3.63, 3.8) is 0 Å². The second-order valence-corrected chi connectivity index (χ2v) is 5.87. The molecule has 2 aromatic heterocycles. The van der Waals surface area contributed by atoms with Crippen LogP contribution in [0.15, 0.2) is 65.6 Å². The van der Waals surface area contributed by atoms with Crippen molar-refractivity contribution in [1.29, 1.82) is 0 Å². The van der Waals surface area contributed by atoms with Gasteiger partial charge in [-0.15, -0.1) is 0 Å². The Morgan fingerprint density at radius 3 is 2.62 bits per heavy atom. The third-order valence-corrected chi connectivity index (χ3v) is 4.17. The van der Waals surface area contributed by atoms with Crippen molar-refractivity contribution in [2.75, 3.05) is 11.9 Å². The lowest BCUT2D eigenvalue weighted by Gasteiger charge is -2.17. The molecule has 0 aliphatic carbocycles. The van der Waals surface area contributed by atoms with Crippen LogP contribution in [0.2, 0.25) is 0 Å². The van der Waals surface area contributed by atoms with E-state index in [-0.39, 0.29) is 12.6 Å². The molecule has 0 radical (unpaired) electrons. The first-order valence-corrected chi connectivity index (χ1v) is 8.34. The summed E-state index contributed by atoms with van der Waals surface area (Å²) in [4.78, 5) is 24.0. The van der Waals surface area contributed by atoms with Crippen LogP contribution in [0.3, 0.4) is 0 Å². The maximum atomic E-state index is 12.0. The summed E-state index contributed by atoms with van der Waals surface area (Å²) in [5, 5.41) is 13.4. The normalized spacial score (nSPS) is 11.7. The van der Waals surface area contributed by atoms with Crippen LogP contribution < -0.4 is 10.6 Å². The molecule has 0 saturated heterocycles. The predicted molar refractivity (Wildman–Crippen MR) is 92.8 cm³/mol. The van der Waals surface area contributed by atoms with Crippen molar-refractivity contribution >= 4 is 28.8 Å². The van der Waals surface area contributed by atoms with Crippen LogP contribution in [0.5, 0.6) is 0 Å². The number of aromatic nitrogens is 2. The van der Waals surface area contributed by atoms with Crippen molar-refractivity contribution in [1.82, 2.24) is 15.1 Å². The molecule has 0 fully saturated rings. The van der Waals surface area contributed by atoms with Gasteiger partial charge in [0.25, 0.3) is 0 Å². The first-order chi connectivity index (χ1) is 11.7. The second kappa shape index (κ2) is 7.56. The standard InChI is InChI=1S/C17H16N4O2S/c22-16(17(23)20-14-5-2-1-3-6-14)18-11-15(13-7-10-24-12-13)21-9-4-8-19-21/h1-10,12,15H,11H2,(H,18,22)(H,20,23). The maximum absolute atomic E-state index is 12.0. The number of amides is 2. The van der Waals surface area contributed by atoms with Crippen molar-refractivity contribution in [3.8, 4) is 0 Å². The van der Waals surface area contributed by atoms with E-state index in [1.807, 2.05) is 35.2 Å². The van der Waals surface area contributed by atoms with E-state index in [1.165, 1.54) is 0 Å². The van der Waals surface area contributed by atoms with E-state index in [0.717, 1.165) is 5.56 Å². The van der Waals surface area contributed by atoms with E-state index in [9.17, 15) is 9.59 Å².